The molecular formula is C21H16ClN3O2. The van der Waals surface area contributed by atoms with E-state index in [1.54, 1.807) is 23.0 Å². The van der Waals surface area contributed by atoms with Gasteiger partial charge in [0.15, 0.2) is 0 Å². The number of ether oxygens (including phenoxy) is 1. The Kier molecular flexibility index (Phi) is 4.57. The summed E-state index contributed by atoms with van der Waals surface area (Å²) >= 11 is 5.97. The van der Waals surface area contributed by atoms with Gasteiger partial charge >= 0.3 is 0 Å². The van der Waals surface area contributed by atoms with Crippen molar-refractivity contribution in [1.29, 1.82) is 0 Å². The Labute approximate surface area is 161 Å². The lowest BCUT2D eigenvalue weighted by molar-refractivity contribution is -0.116. The van der Waals surface area contributed by atoms with Gasteiger partial charge in [0.05, 0.1) is 11.9 Å². The normalized spacial score (nSPS) is 15.6. The molecule has 2 aromatic carbocycles. The zero-order valence-electron chi connectivity index (χ0n) is 14.4. The Bertz CT molecular complexity index is 1020. The van der Waals surface area contributed by atoms with E-state index in [0.29, 0.717) is 23.0 Å². The molecule has 0 saturated carbocycles. The van der Waals surface area contributed by atoms with Crippen LogP contribution in [0.2, 0.25) is 5.02 Å². The van der Waals surface area contributed by atoms with Gasteiger partial charge in [0.1, 0.15) is 18.2 Å². The Balaban J connectivity index is 1.69. The van der Waals surface area contributed by atoms with E-state index in [1.807, 2.05) is 36.4 Å². The second-order valence-corrected chi connectivity index (χ2v) is 6.64. The van der Waals surface area contributed by atoms with E-state index in [-0.39, 0.29) is 18.4 Å². The number of hydrogen-bond donors (Lipinski definition) is 1. The summed E-state index contributed by atoms with van der Waals surface area (Å²) in [6.45, 7) is 0.225. The molecule has 6 heteroatoms. The van der Waals surface area contributed by atoms with Gasteiger partial charge in [-0.3, -0.25) is 4.79 Å². The predicted octanol–water partition coefficient (Wildman–Crippen LogP) is 4.01. The van der Waals surface area contributed by atoms with Crippen LogP contribution in [-0.2, 0) is 4.79 Å². The molecule has 1 aliphatic rings. The first-order valence-electron chi connectivity index (χ1n) is 8.45. The minimum absolute atomic E-state index is 0.0455. The first-order valence-corrected chi connectivity index (χ1v) is 8.83. The molecule has 27 heavy (non-hydrogen) atoms. The maximum absolute atomic E-state index is 12.3. The summed E-state index contributed by atoms with van der Waals surface area (Å²) in [6.07, 6.45) is 7.38. The van der Waals surface area contributed by atoms with Crippen molar-refractivity contribution in [3.8, 4) is 23.8 Å². The smallest absolute Gasteiger partial charge is 0.226 e. The monoisotopic (exact) mass is 377 g/mol. The lowest BCUT2D eigenvalue weighted by atomic mass is 9.87. The molecule has 0 aliphatic carbocycles. The number of carbonyl (C=O) groups is 1. The molecule has 5 nitrogen and oxygen atoms in total. The number of halogens is 1. The molecule has 0 radical (unpaired) electrons. The molecule has 4 rings (SSSR count). The summed E-state index contributed by atoms with van der Waals surface area (Å²) in [5.41, 5.74) is 2.83. The van der Waals surface area contributed by atoms with Gasteiger partial charge in [0.25, 0.3) is 0 Å². The van der Waals surface area contributed by atoms with E-state index >= 15 is 0 Å². The molecule has 2 heterocycles. The average molecular weight is 378 g/mol. The number of fused-ring (bicyclic) bond motifs is 1. The molecule has 1 atom stereocenters. The summed E-state index contributed by atoms with van der Waals surface area (Å²) in [7, 11) is 0. The van der Waals surface area contributed by atoms with Crippen molar-refractivity contribution in [2.24, 2.45) is 0 Å². The zero-order chi connectivity index (χ0) is 18.8. The maximum atomic E-state index is 12.3. The van der Waals surface area contributed by atoms with E-state index in [2.05, 4.69) is 16.3 Å². The highest BCUT2D eigenvalue weighted by atomic mass is 35.5. The van der Waals surface area contributed by atoms with Crippen molar-refractivity contribution in [3.63, 3.8) is 0 Å². The molecule has 1 N–H and O–H groups in total. The van der Waals surface area contributed by atoms with Crippen LogP contribution in [0, 0.1) is 12.3 Å². The fraction of sp³-hybridized carbons (Fsp3) is 0.143. The van der Waals surface area contributed by atoms with Crippen molar-refractivity contribution in [3.05, 3.63) is 70.9 Å². The van der Waals surface area contributed by atoms with Crippen LogP contribution in [0.3, 0.4) is 0 Å². The van der Waals surface area contributed by atoms with E-state index in [1.165, 1.54) is 0 Å². The van der Waals surface area contributed by atoms with E-state index in [0.717, 1.165) is 16.8 Å². The molecule has 0 spiro atoms. The highest BCUT2D eigenvalue weighted by Crippen LogP contribution is 2.38. The quantitative estimate of drug-likeness (QED) is 0.699. The van der Waals surface area contributed by atoms with E-state index in [9.17, 15) is 4.79 Å². The number of carbonyl (C=O) groups excluding carboxylic acids is 1. The summed E-state index contributed by atoms with van der Waals surface area (Å²) in [4.78, 5) is 12.3. The fourth-order valence-corrected chi connectivity index (χ4v) is 3.34. The Hall–Kier alpha value is -3.23. The van der Waals surface area contributed by atoms with Gasteiger partial charge in [-0.2, -0.15) is 5.10 Å². The lowest BCUT2D eigenvalue weighted by Gasteiger charge is -2.24. The van der Waals surface area contributed by atoms with Crippen molar-refractivity contribution in [1.82, 2.24) is 9.78 Å². The third-order valence-corrected chi connectivity index (χ3v) is 4.75. The Morgan fingerprint density at radius 3 is 2.67 bits per heavy atom. The highest BCUT2D eigenvalue weighted by Gasteiger charge is 2.30. The lowest BCUT2D eigenvalue weighted by Crippen LogP contribution is -2.24. The SMILES string of the molecule is C#CCOc1ccc(C2CC(=O)Nc3c2cnn3-c2ccc(Cl)cc2)cc1. The van der Waals surface area contributed by atoms with Crippen LogP contribution in [0.4, 0.5) is 5.82 Å². The summed E-state index contributed by atoms with van der Waals surface area (Å²) in [6, 6.07) is 15.0. The first kappa shape index (κ1) is 17.2. The molecule has 0 fully saturated rings. The van der Waals surface area contributed by atoms with Crippen molar-refractivity contribution in [2.45, 2.75) is 12.3 Å². The van der Waals surface area contributed by atoms with Crippen molar-refractivity contribution in [2.75, 3.05) is 11.9 Å². The van der Waals surface area contributed by atoms with Crippen LogP contribution in [0.25, 0.3) is 5.69 Å². The largest absolute Gasteiger partial charge is 0.481 e. The Morgan fingerprint density at radius 1 is 1.22 bits per heavy atom. The molecule has 1 aliphatic heterocycles. The van der Waals surface area contributed by atoms with Crippen LogP contribution < -0.4 is 10.1 Å². The third kappa shape index (κ3) is 3.40. The second kappa shape index (κ2) is 7.18. The number of nitrogens with one attached hydrogen (secondary N) is 1. The van der Waals surface area contributed by atoms with Gasteiger partial charge in [-0.15, -0.1) is 6.42 Å². The topological polar surface area (TPSA) is 56.1 Å². The van der Waals surface area contributed by atoms with Gasteiger partial charge in [0.2, 0.25) is 5.91 Å². The van der Waals surface area contributed by atoms with Gasteiger partial charge in [0, 0.05) is 22.9 Å². The number of hydrogen-bond acceptors (Lipinski definition) is 3. The third-order valence-electron chi connectivity index (χ3n) is 4.50. The number of anilines is 1. The Morgan fingerprint density at radius 2 is 1.96 bits per heavy atom. The van der Waals surface area contributed by atoms with Crippen molar-refractivity contribution >= 4 is 23.3 Å². The van der Waals surface area contributed by atoms with E-state index < -0.39 is 0 Å². The van der Waals surface area contributed by atoms with Gasteiger partial charge in [-0.25, -0.2) is 4.68 Å². The summed E-state index contributed by atoms with van der Waals surface area (Å²) in [5.74, 6) is 3.71. The molecule has 134 valence electrons. The first-order chi connectivity index (χ1) is 13.2. The zero-order valence-corrected chi connectivity index (χ0v) is 15.1. The maximum Gasteiger partial charge on any atom is 0.226 e. The number of nitrogens with zero attached hydrogens (tertiary/aromatic N) is 2. The van der Waals surface area contributed by atoms with E-state index in [4.69, 9.17) is 22.8 Å². The number of aromatic nitrogens is 2. The summed E-state index contributed by atoms with van der Waals surface area (Å²) in [5, 5.41) is 8.07. The standard InChI is InChI=1S/C21H16ClN3O2/c1-2-11-27-17-9-3-14(4-10-17)18-12-20(26)24-21-19(18)13-23-25(21)16-7-5-15(22)6-8-16/h1,3-10,13,18H,11-12H2,(H,24,26). The predicted molar refractivity (Wildman–Crippen MR) is 104 cm³/mol. The van der Waals surface area contributed by atoms with Crippen LogP contribution >= 0.6 is 11.6 Å². The number of amides is 1. The molecule has 0 saturated heterocycles. The van der Waals surface area contributed by atoms with Crippen LogP contribution in [-0.4, -0.2) is 22.3 Å². The van der Waals surface area contributed by atoms with Crippen LogP contribution in [0.1, 0.15) is 23.5 Å². The molecule has 1 amide bonds. The minimum atomic E-state index is -0.0727. The summed E-state index contributed by atoms with van der Waals surface area (Å²) < 4.78 is 7.14. The molecule has 1 unspecified atom stereocenters. The van der Waals surface area contributed by atoms with Crippen LogP contribution in [0.15, 0.2) is 54.7 Å². The molecular weight excluding hydrogens is 362 g/mol. The average Bonchev–Trinajstić information content (AvgIpc) is 3.10. The molecule has 0 bridgehead atoms. The van der Waals surface area contributed by atoms with Gasteiger partial charge in [-0.1, -0.05) is 29.7 Å². The van der Waals surface area contributed by atoms with Gasteiger partial charge in [-0.05, 0) is 42.0 Å². The number of terminal acetylenes is 1. The highest BCUT2D eigenvalue weighted by molar-refractivity contribution is 6.30. The minimum Gasteiger partial charge on any atom is -0.481 e. The van der Waals surface area contributed by atoms with Crippen LogP contribution in [0.5, 0.6) is 5.75 Å². The van der Waals surface area contributed by atoms with Gasteiger partial charge < -0.3 is 10.1 Å². The molecule has 3 aromatic rings. The number of rotatable bonds is 4. The second-order valence-electron chi connectivity index (χ2n) is 6.20. The van der Waals surface area contributed by atoms with Crippen molar-refractivity contribution < 1.29 is 9.53 Å². The number of benzene rings is 2. The fourth-order valence-electron chi connectivity index (χ4n) is 3.22. The molecule has 1 aromatic heterocycles.